The van der Waals surface area contributed by atoms with Gasteiger partial charge in [-0.15, -0.1) is 0 Å². The first-order valence-electron chi connectivity index (χ1n) is 4.85. The van der Waals surface area contributed by atoms with Crippen molar-refractivity contribution in [3.63, 3.8) is 0 Å². The number of nitrogens with two attached hydrogens (primary N) is 1. The van der Waals surface area contributed by atoms with Gasteiger partial charge in [-0.1, -0.05) is 0 Å². The Labute approximate surface area is 89.2 Å². The lowest BCUT2D eigenvalue weighted by atomic mass is 10.2. The number of hydrogen-bond acceptors (Lipinski definition) is 1. The van der Waals surface area contributed by atoms with Gasteiger partial charge in [-0.2, -0.15) is 0 Å². The third-order valence-electron chi connectivity index (χ3n) is 1.71. The first kappa shape index (κ1) is 11.5. The fraction of sp³-hybridized carbons (Fsp3) is 0.364. The molecule has 0 fully saturated rings. The Morgan fingerprint density at radius 3 is 2.60 bits per heavy atom. The molecule has 1 aromatic rings. The summed E-state index contributed by atoms with van der Waals surface area (Å²) in [6.45, 7) is 5.67. The number of guanidine groups is 1. The molecule has 0 amide bonds. The molecule has 0 saturated heterocycles. The summed E-state index contributed by atoms with van der Waals surface area (Å²) >= 11 is 0. The number of nitrogens with zero attached hydrogens (tertiary/aromatic N) is 1. The van der Waals surface area contributed by atoms with Crippen LogP contribution in [0.2, 0.25) is 0 Å². The van der Waals surface area contributed by atoms with Crippen LogP contribution in [0.3, 0.4) is 0 Å². The van der Waals surface area contributed by atoms with E-state index in [2.05, 4.69) is 10.3 Å². The maximum atomic E-state index is 13.0. The molecular weight excluding hydrogens is 193 g/mol. The van der Waals surface area contributed by atoms with Gasteiger partial charge in [-0.3, -0.25) is 4.99 Å². The molecule has 0 bridgehead atoms. The number of aliphatic imine (C=N–C) groups is 1. The van der Waals surface area contributed by atoms with Crippen LogP contribution in [0.15, 0.2) is 23.2 Å². The molecule has 0 aliphatic heterocycles. The van der Waals surface area contributed by atoms with Gasteiger partial charge in [0.15, 0.2) is 5.96 Å². The van der Waals surface area contributed by atoms with Crippen molar-refractivity contribution in [1.82, 2.24) is 0 Å². The topological polar surface area (TPSA) is 50.4 Å². The molecule has 0 spiro atoms. The second-order valence-corrected chi connectivity index (χ2v) is 3.75. The highest BCUT2D eigenvalue weighted by Gasteiger charge is 1.99. The van der Waals surface area contributed by atoms with E-state index in [1.807, 2.05) is 26.8 Å². The Hall–Kier alpha value is -1.58. The number of hydrogen-bond donors (Lipinski definition) is 2. The molecule has 1 aromatic carbocycles. The number of benzene rings is 1. The Morgan fingerprint density at radius 2 is 2.07 bits per heavy atom. The standard InChI is InChI=1S/C11H16FN3/c1-7(2)14-11(13)15-10-5-8(3)4-9(12)6-10/h4-7H,1-3H3,(H3,13,14,15). The molecule has 0 atom stereocenters. The minimum Gasteiger partial charge on any atom is -0.370 e. The largest absolute Gasteiger partial charge is 0.370 e. The average molecular weight is 209 g/mol. The molecule has 0 unspecified atom stereocenters. The van der Waals surface area contributed by atoms with Crippen molar-refractivity contribution in [2.75, 3.05) is 5.32 Å². The van der Waals surface area contributed by atoms with Gasteiger partial charge in [0.25, 0.3) is 0 Å². The Morgan fingerprint density at radius 1 is 1.40 bits per heavy atom. The van der Waals surface area contributed by atoms with Crippen molar-refractivity contribution in [2.45, 2.75) is 26.8 Å². The summed E-state index contributed by atoms with van der Waals surface area (Å²) in [5.41, 5.74) is 7.09. The lowest BCUT2D eigenvalue weighted by Crippen LogP contribution is -2.24. The summed E-state index contributed by atoms with van der Waals surface area (Å²) in [5, 5.41) is 2.84. The number of rotatable bonds is 2. The van der Waals surface area contributed by atoms with Gasteiger partial charge in [0.1, 0.15) is 5.82 Å². The van der Waals surface area contributed by atoms with E-state index < -0.39 is 0 Å². The molecule has 3 N–H and O–H groups in total. The fourth-order valence-corrected chi connectivity index (χ4v) is 1.27. The van der Waals surface area contributed by atoms with Gasteiger partial charge in [0.05, 0.1) is 0 Å². The first-order valence-corrected chi connectivity index (χ1v) is 4.85. The highest BCUT2D eigenvalue weighted by Crippen LogP contribution is 2.12. The molecule has 0 aliphatic rings. The zero-order chi connectivity index (χ0) is 11.4. The Balaban J connectivity index is 2.81. The zero-order valence-corrected chi connectivity index (χ0v) is 9.21. The quantitative estimate of drug-likeness (QED) is 0.580. The van der Waals surface area contributed by atoms with Crippen LogP contribution in [0.5, 0.6) is 0 Å². The van der Waals surface area contributed by atoms with Crippen LogP contribution < -0.4 is 11.1 Å². The predicted molar refractivity (Wildman–Crippen MR) is 61.5 cm³/mol. The fourth-order valence-electron chi connectivity index (χ4n) is 1.27. The molecule has 82 valence electrons. The lowest BCUT2D eigenvalue weighted by molar-refractivity contribution is 0.627. The summed E-state index contributed by atoms with van der Waals surface area (Å²) in [5.74, 6) is 0.0184. The third-order valence-corrected chi connectivity index (χ3v) is 1.71. The van der Waals surface area contributed by atoms with Crippen LogP contribution in [0, 0.1) is 12.7 Å². The Bertz CT molecular complexity index is 352. The van der Waals surface area contributed by atoms with Crippen LogP contribution in [-0.2, 0) is 0 Å². The van der Waals surface area contributed by atoms with Gasteiger partial charge in [0, 0.05) is 11.7 Å². The van der Waals surface area contributed by atoms with E-state index in [4.69, 9.17) is 5.73 Å². The molecule has 4 heteroatoms. The maximum absolute atomic E-state index is 13.0. The molecule has 0 aliphatic carbocycles. The SMILES string of the molecule is Cc1cc(F)cc(NC(N)=NC(C)C)c1. The van der Waals surface area contributed by atoms with Gasteiger partial charge in [-0.25, -0.2) is 4.39 Å². The van der Waals surface area contributed by atoms with E-state index in [0.717, 1.165) is 5.56 Å². The van der Waals surface area contributed by atoms with E-state index in [9.17, 15) is 4.39 Å². The lowest BCUT2D eigenvalue weighted by Gasteiger charge is -2.07. The number of anilines is 1. The molecule has 0 heterocycles. The van der Waals surface area contributed by atoms with Crippen molar-refractivity contribution in [1.29, 1.82) is 0 Å². The van der Waals surface area contributed by atoms with Crippen LogP contribution in [0.4, 0.5) is 10.1 Å². The van der Waals surface area contributed by atoms with E-state index in [0.29, 0.717) is 11.6 Å². The van der Waals surface area contributed by atoms with E-state index in [1.165, 1.54) is 12.1 Å². The van der Waals surface area contributed by atoms with Gasteiger partial charge in [-0.05, 0) is 44.5 Å². The summed E-state index contributed by atoms with van der Waals surface area (Å²) in [4.78, 5) is 4.09. The van der Waals surface area contributed by atoms with E-state index >= 15 is 0 Å². The maximum Gasteiger partial charge on any atom is 0.193 e. The van der Waals surface area contributed by atoms with Crippen molar-refractivity contribution in [3.05, 3.63) is 29.6 Å². The summed E-state index contributed by atoms with van der Waals surface area (Å²) < 4.78 is 13.0. The molecule has 0 aromatic heterocycles. The molecule has 0 radical (unpaired) electrons. The highest BCUT2D eigenvalue weighted by molar-refractivity contribution is 5.92. The van der Waals surface area contributed by atoms with Crippen molar-refractivity contribution in [2.24, 2.45) is 10.7 Å². The second kappa shape index (κ2) is 4.77. The van der Waals surface area contributed by atoms with E-state index in [1.54, 1.807) is 0 Å². The van der Waals surface area contributed by atoms with Gasteiger partial charge < -0.3 is 11.1 Å². The summed E-state index contributed by atoms with van der Waals surface area (Å²) in [6, 6.07) is 4.77. The molecule has 15 heavy (non-hydrogen) atoms. The predicted octanol–water partition coefficient (Wildman–Crippen LogP) is 2.27. The van der Waals surface area contributed by atoms with Crippen molar-refractivity contribution < 1.29 is 4.39 Å². The minimum atomic E-state index is -0.283. The normalized spacial score (nSPS) is 11.9. The van der Waals surface area contributed by atoms with E-state index in [-0.39, 0.29) is 11.9 Å². The molecule has 0 saturated carbocycles. The average Bonchev–Trinajstić information content (AvgIpc) is 1.98. The van der Waals surface area contributed by atoms with Crippen molar-refractivity contribution >= 4 is 11.6 Å². The zero-order valence-electron chi connectivity index (χ0n) is 9.21. The summed E-state index contributed by atoms with van der Waals surface area (Å²) in [7, 11) is 0. The van der Waals surface area contributed by atoms with Crippen molar-refractivity contribution in [3.8, 4) is 0 Å². The van der Waals surface area contributed by atoms with Crippen LogP contribution >= 0.6 is 0 Å². The second-order valence-electron chi connectivity index (χ2n) is 3.75. The third kappa shape index (κ3) is 3.97. The molecule has 1 rings (SSSR count). The van der Waals surface area contributed by atoms with Crippen LogP contribution in [0.25, 0.3) is 0 Å². The molecular formula is C11H16FN3. The number of aryl methyl sites for hydroxylation is 1. The van der Waals surface area contributed by atoms with Gasteiger partial charge in [0.2, 0.25) is 0 Å². The summed E-state index contributed by atoms with van der Waals surface area (Å²) in [6.07, 6.45) is 0. The first-order chi connectivity index (χ1) is 6.97. The minimum absolute atomic E-state index is 0.118. The number of halogens is 1. The number of nitrogens with one attached hydrogen (secondary N) is 1. The van der Waals surface area contributed by atoms with Crippen LogP contribution in [-0.4, -0.2) is 12.0 Å². The molecule has 3 nitrogen and oxygen atoms in total. The smallest absolute Gasteiger partial charge is 0.193 e. The Kier molecular flexibility index (Phi) is 3.66. The monoisotopic (exact) mass is 209 g/mol. The highest BCUT2D eigenvalue weighted by atomic mass is 19.1. The van der Waals surface area contributed by atoms with Gasteiger partial charge >= 0.3 is 0 Å². The van der Waals surface area contributed by atoms with Crippen LogP contribution in [0.1, 0.15) is 19.4 Å².